The van der Waals surface area contributed by atoms with Crippen molar-refractivity contribution in [3.63, 3.8) is 0 Å². The highest BCUT2D eigenvalue weighted by atomic mass is 16.2. The monoisotopic (exact) mass is 254 g/mol. The second kappa shape index (κ2) is 6.05. The molecular weight excluding hydrogens is 236 g/mol. The van der Waals surface area contributed by atoms with Gasteiger partial charge in [0.15, 0.2) is 0 Å². The van der Waals surface area contributed by atoms with Crippen LogP contribution in [0.1, 0.15) is 25.3 Å². The van der Waals surface area contributed by atoms with Crippen molar-refractivity contribution in [2.24, 2.45) is 0 Å². The van der Waals surface area contributed by atoms with Crippen LogP contribution in [0.25, 0.3) is 0 Å². The Morgan fingerprint density at radius 2 is 1.53 bits per heavy atom. The highest BCUT2D eigenvalue weighted by Crippen LogP contribution is 2.18. The van der Waals surface area contributed by atoms with Crippen molar-refractivity contribution in [2.75, 3.05) is 10.6 Å². The lowest BCUT2D eigenvalue weighted by atomic mass is 10.0. The second-order valence-corrected chi connectivity index (χ2v) is 4.73. The van der Waals surface area contributed by atoms with Gasteiger partial charge in [0.1, 0.15) is 0 Å². The molecule has 0 unspecified atom stereocenters. The zero-order valence-corrected chi connectivity index (χ0v) is 11.2. The summed E-state index contributed by atoms with van der Waals surface area (Å²) in [6.07, 6.45) is 0. The standard InChI is InChI=1S/C16H18N2O/c1-12(2)13-7-6-10-15(11-13)18-16(19)17-14-8-4-3-5-9-14/h3-12H,1-2H3,(H2,17,18,19). The third kappa shape index (κ3) is 3.85. The van der Waals surface area contributed by atoms with Gasteiger partial charge in [0.05, 0.1) is 0 Å². The predicted molar refractivity (Wildman–Crippen MR) is 79.6 cm³/mol. The zero-order chi connectivity index (χ0) is 13.7. The summed E-state index contributed by atoms with van der Waals surface area (Å²) < 4.78 is 0. The van der Waals surface area contributed by atoms with E-state index in [1.165, 1.54) is 5.56 Å². The minimum atomic E-state index is -0.230. The Bertz CT molecular complexity index is 550. The van der Waals surface area contributed by atoms with Gasteiger partial charge < -0.3 is 10.6 Å². The van der Waals surface area contributed by atoms with Gasteiger partial charge in [-0.1, -0.05) is 44.2 Å². The van der Waals surface area contributed by atoms with Crippen LogP contribution in [0.2, 0.25) is 0 Å². The van der Waals surface area contributed by atoms with Crippen molar-refractivity contribution in [2.45, 2.75) is 19.8 Å². The van der Waals surface area contributed by atoms with Crippen molar-refractivity contribution in [3.8, 4) is 0 Å². The molecule has 19 heavy (non-hydrogen) atoms. The van der Waals surface area contributed by atoms with Gasteiger partial charge in [-0.15, -0.1) is 0 Å². The summed E-state index contributed by atoms with van der Waals surface area (Å²) in [4.78, 5) is 11.8. The fraction of sp³-hybridized carbons (Fsp3) is 0.188. The van der Waals surface area contributed by atoms with Crippen molar-refractivity contribution >= 4 is 17.4 Å². The molecule has 98 valence electrons. The Hall–Kier alpha value is -2.29. The first-order valence-corrected chi connectivity index (χ1v) is 6.38. The number of benzene rings is 2. The number of nitrogens with one attached hydrogen (secondary N) is 2. The quantitative estimate of drug-likeness (QED) is 0.834. The van der Waals surface area contributed by atoms with Gasteiger partial charge in [0, 0.05) is 11.4 Å². The van der Waals surface area contributed by atoms with Crippen molar-refractivity contribution < 1.29 is 4.79 Å². The van der Waals surface area contributed by atoms with E-state index in [2.05, 4.69) is 30.5 Å². The highest BCUT2D eigenvalue weighted by Gasteiger charge is 2.04. The molecule has 2 rings (SSSR count). The SMILES string of the molecule is CC(C)c1cccc(NC(=O)Nc2ccccc2)c1. The molecule has 3 heteroatoms. The van der Waals surface area contributed by atoms with Gasteiger partial charge in [0.2, 0.25) is 0 Å². The number of para-hydroxylation sites is 1. The van der Waals surface area contributed by atoms with E-state index in [0.717, 1.165) is 11.4 Å². The van der Waals surface area contributed by atoms with E-state index in [0.29, 0.717) is 5.92 Å². The molecule has 0 saturated carbocycles. The molecule has 2 aromatic rings. The molecule has 2 aromatic carbocycles. The van der Waals surface area contributed by atoms with Crippen LogP contribution in [0, 0.1) is 0 Å². The molecule has 0 heterocycles. The van der Waals surface area contributed by atoms with Crippen LogP contribution in [-0.2, 0) is 0 Å². The Kier molecular flexibility index (Phi) is 4.18. The third-order valence-corrected chi connectivity index (χ3v) is 2.84. The van der Waals surface area contributed by atoms with Crippen LogP contribution in [0.15, 0.2) is 54.6 Å². The Morgan fingerprint density at radius 3 is 2.21 bits per heavy atom. The number of anilines is 2. The Balaban J connectivity index is 2.01. The minimum absolute atomic E-state index is 0.230. The molecule has 0 radical (unpaired) electrons. The molecule has 0 bridgehead atoms. The molecule has 0 spiro atoms. The maximum atomic E-state index is 11.8. The van der Waals surface area contributed by atoms with E-state index in [1.807, 2.05) is 48.5 Å². The second-order valence-electron chi connectivity index (χ2n) is 4.73. The molecule has 2 N–H and O–H groups in total. The van der Waals surface area contributed by atoms with Crippen LogP contribution in [0.4, 0.5) is 16.2 Å². The molecule has 3 nitrogen and oxygen atoms in total. The lowest BCUT2D eigenvalue weighted by molar-refractivity contribution is 0.262. The first-order valence-electron chi connectivity index (χ1n) is 6.38. The number of urea groups is 1. The Labute approximate surface area is 113 Å². The van der Waals surface area contributed by atoms with Gasteiger partial charge in [-0.2, -0.15) is 0 Å². The van der Waals surface area contributed by atoms with Gasteiger partial charge in [-0.3, -0.25) is 0 Å². The molecule has 0 atom stereocenters. The van der Waals surface area contributed by atoms with E-state index < -0.39 is 0 Å². The number of rotatable bonds is 3. The first-order chi connectivity index (χ1) is 9.15. The average molecular weight is 254 g/mol. The van der Waals surface area contributed by atoms with Crippen LogP contribution >= 0.6 is 0 Å². The number of carbonyl (C=O) groups excluding carboxylic acids is 1. The predicted octanol–water partition coefficient (Wildman–Crippen LogP) is 4.45. The van der Waals surface area contributed by atoms with E-state index >= 15 is 0 Å². The van der Waals surface area contributed by atoms with Gasteiger partial charge in [0.25, 0.3) is 0 Å². The average Bonchev–Trinajstić information content (AvgIpc) is 2.40. The molecule has 2 amide bonds. The molecule has 0 fully saturated rings. The summed E-state index contributed by atoms with van der Waals surface area (Å²) in [6, 6.07) is 17.0. The normalized spacial score (nSPS) is 10.3. The molecular formula is C16H18N2O. The molecule has 0 aliphatic rings. The van der Waals surface area contributed by atoms with Crippen molar-refractivity contribution in [1.82, 2.24) is 0 Å². The lowest BCUT2D eigenvalue weighted by Gasteiger charge is -2.10. The molecule has 0 saturated heterocycles. The van der Waals surface area contributed by atoms with Crippen molar-refractivity contribution in [3.05, 3.63) is 60.2 Å². The summed E-state index contributed by atoms with van der Waals surface area (Å²) in [5.41, 5.74) is 2.79. The maximum absolute atomic E-state index is 11.8. The number of carbonyl (C=O) groups is 1. The summed E-state index contributed by atoms with van der Waals surface area (Å²) in [5, 5.41) is 5.62. The molecule has 0 aromatic heterocycles. The first kappa shape index (κ1) is 13.1. The zero-order valence-electron chi connectivity index (χ0n) is 11.2. The van der Waals surface area contributed by atoms with E-state index in [-0.39, 0.29) is 6.03 Å². The number of hydrogen-bond donors (Lipinski definition) is 2. The van der Waals surface area contributed by atoms with Gasteiger partial charge >= 0.3 is 6.03 Å². The van der Waals surface area contributed by atoms with Crippen LogP contribution in [0.3, 0.4) is 0 Å². The molecule has 0 aliphatic heterocycles. The third-order valence-electron chi connectivity index (χ3n) is 2.84. The van der Waals surface area contributed by atoms with Crippen LogP contribution in [-0.4, -0.2) is 6.03 Å². The smallest absolute Gasteiger partial charge is 0.308 e. The van der Waals surface area contributed by atoms with E-state index in [1.54, 1.807) is 0 Å². The maximum Gasteiger partial charge on any atom is 0.323 e. The number of hydrogen-bond acceptors (Lipinski definition) is 1. The summed E-state index contributed by atoms with van der Waals surface area (Å²) in [5.74, 6) is 0.443. The van der Waals surface area contributed by atoms with Gasteiger partial charge in [-0.05, 0) is 35.7 Å². The fourth-order valence-electron chi connectivity index (χ4n) is 1.79. The lowest BCUT2D eigenvalue weighted by Crippen LogP contribution is -2.19. The summed E-state index contributed by atoms with van der Waals surface area (Å²) >= 11 is 0. The van der Waals surface area contributed by atoms with E-state index in [9.17, 15) is 4.79 Å². The highest BCUT2D eigenvalue weighted by molar-refractivity contribution is 5.99. The minimum Gasteiger partial charge on any atom is -0.308 e. The van der Waals surface area contributed by atoms with Crippen LogP contribution in [0.5, 0.6) is 0 Å². The topological polar surface area (TPSA) is 41.1 Å². The largest absolute Gasteiger partial charge is 0.323 e. The molecule has 0 aliphatic carbocycles. The van der Waals surface area contributed by atoms with E-state index in [4.69, 9.17) is 0 Å². The summed E-state index contributed by atoms with van der Waals surface area (Å²) in [7, 11) is 0. The summed E-state index contributed by atoms with van der Waals surface area (Å²) in [6.45, 7) is 4.26. The van der Waals surface area contributed by atoms with Gasteiger partial charge in [-0.25, -0.2) is 4.79 Å². The Morgan fingerprint density at radius 1 is 0.895 bits per heavy atom. The number of amides is 2. The van der Waals surface area contributed by atoms with Crippen LogP contribution < -0.4 is 10.6 Å². The van der Waals surface area contributed by atoms with Crippen molar-refractivity contribution in [1.29, 1.82) is 0 Å². The fourth-order valence-corrected chi connectivity index (χ4v) is 1.79.